The molecule has 116 valence electrons. The Balaban J connectivity index is 1.73. The molecule has 1 aliphatic heterocycles. The van der Waals surface area contributed by atoms with E-state index in [2.05, 4.69) is 27.1 Å². The predicted molar refractivity (Wildman–Crippen MR) is 88.9 cm³/mol. The second-order valence-corrected chi connectivity index (χ2v) is 5.76. The maximum atomic E-state index is 5.23. The molecule has 0 aliphatic carbocycles. The minimum Gasteiger partial charge on any atom is -0.497 e. The molecule has 1 fully saturated rings. The van der Waals surface area contributed by atoms with Gasteiger partial charge in [-0.1, -0.05) is 13.0 Å². The van der Waals surface area contributed by atoms with Crippen molar-refractivity contribution >= 4 is 17.5 Å². The van der Waals surface area contributed by atoms with E-state index in [1.165, 1.54) is 12.8 Å². The van der Waals surface area contributed by atoms with E-state index in [0.29, 0.717) is 5.95 Å². The van der Waals surface area contributed by atoms with Gasteiger partial charge in [-0.2, -0.15) is 4.98 Å². The van der Waals surface area contributed by atoms with Crippen LogP contribution in [0.3, 0.4) is 0 Å². The summed E-state index contributed by atoms with van der Waals surface area (Å²) in [6, 6.07) is 9.74. The molecule has 1 aromatic carbocycles. The molecular weight excluding hydrogens is 276 g/mol. The zero-order chi connectivity index (χ0) is 15.4. The van der Waals surface area contributed by atoms with Crippen LogP contribution in [0.4, 0.5) is 17.5 Å². The SMILES string of the molecule is COc1cccc(Nc2nccc(N3CCC(C)CC3)n2)c1. The van der Waals surface area contributed by atoms with Crippen LogP contribution in [-0.4, -0.2) is 30.2 Å². The molecule has 1 N–H and O–H groups in total. The monoisotopic (exact) mass is 298 g/mol. The number of rotatable bonds is 4. The Morgan fingerprint density at radius 3 is 2.82 bits per heavy atom. The number of anilines is 3. The molecule has 5 heteroatoms. The number of methoxy groups -OCH3 is 1. The van der Waals surface area contributed by atoms with Gasteiger partial charge in [-0.25, -0.2) is 4.98 Å². The Morgan fingerprint density at radius 1 is 1.23 bits per heavy atom. The number of nitrogens with one attached hydrogen (secondary N) is 1. The minimum atomic E-state index is 0.615. The summed E-state index contributed by atoms with van der Waals surface area (Å²) in [5.74, 6) is 3.23. The van der Waals surface area contributed by atoms with Gasteiger partial charge in [0.25, 0.3) is 0 Å². The molecule has 2 heterocycles. The summed E-state index contributed by atoms with van der Waals surface area (Å²) in [5.41, 5.74) is 0.920. The number of benzene rings is 1. The first-order valence-corrected chi connectivity index (χ1v) is 7.73. The van der Waals surface area contributed by atoms with Crippen LogP contribution < -0.4 is 15.0 Å². The van der Waals surface area contributed by atoms with E-state index >= 15 is 0 Å². The molecule has 0 spiro atoms. The van der Waals surface area contributed by atoms with Crippen molar-refractivity contribution in [2.75, 3.05) is 30.4 Å². The molecule has 5 nitrogen and oxygen atoms in total. The fourth-order valence-corrected chi connectivity index (χ4v) is 2.65. The third-order valence-corrected chi connectivity index (χ3v) is 4.07. The molecule has 22 heavy (non-hydrogen) atoms. The summed E-state index contributed by atoms with van der Waals surface area (Å²) in [6.45, 7) is 4.45. The molecule has 0 atom stereocenters. The smallest absolute Gasteiger partial charge is 0.229 e. The average molecular weight is 298 g/mol. The van der Waals surface area contributed by atoms with Crippen LogP contribution in [0.25, 0.3) is 0 Å². The highest BCUT2D eigenvalue weighted by Gasteiger charge is 2.17. The quantitative estimate of drug-likeness (QED) is 0.936. The number of hydrogen-bond acceptors (Lipinski definition) is 5. The summed E-state index contributed by atoms with van der Waals surface area (Å²) < 4.78 is 5.23. The van der Waals surface area contributed by atoms with Crippen LogP contribution >= 0.6 is 0 Å². The van der Waals surface area contributed by atoms with E-state index in [4.69, 9.17) is 4.74 Å². The van der Waals surface area contributed by atoms with Crippen molar-refractivity contribution in [1.29, 1.82) is 0 Å². The molecule has 1 aliphatic rings. The second kappa shape index (κ2) is 6.64. The molecule has 3 rings (SSSR count). The van der Waals surface area contributed by atoms with E-state index in [1.54, 1.807) is 7.11 Å². The number of ether oxygens (including phenoxy) is 1. The fourth-order valence-electron chi connectivity index (χ4n) is 2.65. The third-order valence-electron chi connectivity index (χ3n) is 4.07. The first kappa shape index (κ1) is 14.6. The van der Waals surface area contributed by atoms with Crippen LogP contribution in [0, 0.1) is 5.92 Å². The Morgan fingerprint density at radius 2 is 2.05 bits per heavy atom. The standard InChI is InChI=1S/C17H22N4O/c1-13-7-10-21(11-8-13)16-6-9-18-17(20-16)19-14-4-3-5-15(12-14)22-2/h3-6,9,12-13H,7-8,10-11H2,1-2H3,(H,18,19,20). The van der Waals surface area contributed by atoms with Crippen molar-refractivity contribution in [3.63, 3.8) is 0 Å². The van der Waals surface area contributed by atoms with Gasteiger partial charge in [-0.3, -0.25) is 0 Å². The number of aromatic nitrogens is 2. The summed E-state index contributed by atoms with van der Waals surface area (Å²) >= 11 is 0. The maximum absolute atomic E-state index is 5.23. The van der Waals surface area contributed by atoms with Crippen LogP contribution in [0.5, 0.6) is 5.75 Å². The van der Waals surface area contributed by atoms with Crippen molar-refractivity contribution in [2.24, 2.45) is 5.92 Å². The van der Waals surface area contributed by atoms with Gasteiger partial charge in [0.1, 0.15) is 11.6 Å². The van der Waals surface area contributed by atoms with Crippen LogP contribution in [0.15, 0.2) is 36.5 Å². The zero-order valence-electron chi connectivity index (χ0n) is 13.1. The Hall–Kier alpha value is -2.30. The lowest BCUT2D eigenvalue weighted by Gasteiger charge is -2.31. The lowest BCUT2D eigenvalue weighted by molar-refractivity contribution is 0.415. The molecule has 0 radical (unpaired) electrons. The van der Waals surface area contributed by atoms with E-state index in [0.717, 1.165) is 36.3 Å². The molecule has 1 saturated heterocycles. The topological polar surface area (TPSA) is 50.3 Å². The number of nitrogens with zero attached hydrogens (tertiary/aromatic N) is 3. The van der Waals surface area contributed by atoms with Gasteiger partial charge in [-0.05, 0) is 37.0 Å². The molecule has 0 amide bonds. The average Bonchev–Trinajstić information content (AvgIpc) is 2.56. The predicted octanol–water partition coefficient (Wildman–Crippen LogP) is 3.47. The van der Waals surface area contributed by atoms with Gasteiger partial charge in [0.2, 0.25) is 5.95 Å². The number of hydrogen-bond donors (Lipinski definition) is 1. The van der Waals surface area contributed by atoms with E-state index in [1.807, 2.05) is 36.5 Å². The molecule has 0 bridgehead atoms. The van der Waals surface area contributed by atoms with Gasteiger partial charge in [0.15, 0.2) is 0 Å². The van der Waals surface area contributed by atoms with Gasteiger partial charge in [-0.15, -0.1) is 0 Å². The highest BCUT2D eigenvalue weighted by molar-refractivity contribution is 5.57. The summed E-state index contributed by atoms with van der Waals surface area (Å²) in [7, 11) is 1.66. The normalized spacial score (nSPS) is 15.6. The van der Waals surface area contributed by atoms with Gasteiger partial charge < -0.3 is 15.0 Å². The van der Waals surface area contributed by atoms with Crippen LogP contribution in [-0.2, 0) is 0 Å². The Labute approximate surface area is 131 Å². The van der Waals surface area contributed by atoms with Gasteiger partial charge in [0, 0.05) is 31.0 Å². The van der Waals surface area contributed by atoms with Crippen LogP contribution in [0.2, 0.25) is 0 Å². The zero-order valence-corrected chi connectivity index (χ0v) is 13.1. The highest BCUT2D eigenvalue weighted by Crippen LogP contribution is 2.23. The molecule has 1 aromatic heterocycles. The van der Waals surface area contributed by atoms with Crippen LogP contribution in [0.1, 0.15) is 19.8 Å². The second-order valence-electron chi connectivity index (χ2n) is 5.76. The third kappa shape index (κ3) is 3.47. The van der Waals surface area contributed by atoms with Gasteiger partial charge >= 0.3 is 0 Å². The molecule has 2 aromatic rings. The molecular formula is C17H22N4O. The largest absolute Gasteiger partial charge is 0.497 e. The van der Waals surface area contributed by atoms with E-state index < -0.39 is 0 Å². The minimum absolute atomic E-state index is 0.615. The summed E-state index contributed by atoms with van der Waals surface area (Å²) in [5, 5.41) is 3.24. The first-order valence-electron chi connectivity index (χ1n) is 7.73. The van der Waals surface area contributed by atoms with E-state index in [9.17, 15) is 0 Å². The Kier molecular flexibility index (Phi) is 4.42. The molecule has 0 saturated carbocycles. The van der Waals surface area contributed by atoms with Crippen molar-refractivity contribution < 1.29 is 4.74 Å². The van der Waals surface area contributed by atoms with Crippen molar-refractivity contribution in [1.82, 2.24) is 9.97 Å². The lowest BCUT2D eigenvalue weighted by Crippen LogP contribution is -2.33. The highest BCUT2D eigenvalue weighted by atomic mass is 16.5. The summed E-state index contributed by atoms with van der Waals surface area (Å²) in [6.07, 6.45) is 4.26. The number of piperidine rings is 1. The first-order chi connectivity index (χ1) is 10.7. The van der Waals surface area contributed by atoms with Crippen molar-refractivity contribution in [3.05, 3.63) is 36.5 Å². The van der Waals surface area contributed by atoms with Crippen molar-refractivity contribution in [3.8, 4) is 5.75 Å². The van der Waals surface area contributed by atoms with Gasteiger partial charge in [0.05, 0.1) is 7.11 Å². The van der Waals surface area contributed by atoms with E-state index in [-0.39, 0.29) is 0 Å². The maximum Gasteiger partial charge on any atom is 0.229 e. The van der Waals surface area contributed by atoms with Crippen molar-refractivity contribution in [2.45, 2.75) is 19.8 Å². The lowest BCUT2D eigenvalue weighted by atomic mass is 9.99. The summed E-state index contributed by atoms with van der Waals surface area (Å²) in [4.78, 5) is 11.3. The fraction of sp³-hybridized carbons (Fsp3) is 0.412. The Bertz CT molecular complexity index is 624. The molecule has 0 unspecified atom stereocenters.